The molecule has 0 radical (unpaired) electrons. The number of hydrogen-bond acceptors (Lipinski definition) is 6. The summed E-state index contributed by atoms with van der Waals surface area (Å²) in [6.07, 6.45) is 1.48. The molecule has 0 fully saturated rings. The zero-order valence-corrected chi connectivity index (χ0v) is 22.3. The smallest absolute Gasteiger partial charge is 0.374 e. The minimum absolute atomic E-state index is 0.0842. The maximum absolute atomic E-state index is 12.4. The lowest BCUT2D eigenvalue weighted by Crippen LogP contribution is -2.40. The van der Waals surface area contributed by atoms with Gasteiger partial charge >= 0.3 is 11.9 Å². The Kier molecular flexibility index (Phi) is 9.64. The summed E-state index contributed by atoms with van der Waals surface area (Å²) in [6, 6.07) is 15.5. The SMILES string of the molecule is CCOC(=O)C(=Cc1cc(CO[Si](C)(C)C(C)(C)C)ccc1OCc1ccccc1)OC(C)=O. The van der Waals surface area contributed by atoms with Crippen molar-refractivity contribution < 1.29 is 28.2 Å². The van der Waals surface area contributed by atoms with E-state index in [0.29, 0.717) is 24.5 Å². The van der Waals surface area contributed by atoms with Gasteiger partial charge in [0.15, 0.2) is 8.32 Å². The molecule has 0 spiro atoms. The van der Waals surface area contributed by atoms with Gasteiger partial charge in [-0.3, -0.25) is 4.79 Å². The fourth-order valence-corrected chi connectivity index (χ4v) is 3.74. The molecule has 0 aliphatic heterocycles. The van der Waals surface area contributed by atoms with Crippen LogP contribution in [0.3, 0.4) is 0 Å². The van der Waals surface area contributed by atoms with Crippen LogP contribution < -0.4 is 4.74 Å². The van der Waals surface area contributed by atoms with Crippen LogP contribution in [0.15, 0.2) is 54.3 Å². The van der Waals surface area contributed by atoms with Gasteiger partial charge in [0.2, 0.25) is 5.76 Å². The first-order valence-corrected chi connectivity index (χ1v) is 14.3. The van der Waals surface area contributed by atoms with Crippen molar-refractivity contribution in [3.63, 3.8) is 0 Å². The monoisotopic (exact) mass is 484 g/mol. The largest absolute Gasteiger partial charge is 0.488 e. The van der Waals surface area contributed by atoms with Crippen molar-refractivity contribution in [2.75, 3.05) is 6.61 Å². The van der Waals surface area contributed by atoms with Crippen LogP contribution in [0, 0.1) is 0 Å². The molecule has 6 nitrogen and oxygen atoms in total. The van der Waals surface area contributed by atoms with Crippen LogP contribution in [-0.2, 0) is 36.7 Å². The van der Waals surface area contributed by atoms with Gasteiger partial charge < -0.3 is 18.6 Å². The predicted molar refractivity (Wildman–Crippen MR) is 136 cm³/mol. The van der Waals surface area contributed by atoms with Crippen LogP contribution >= 0.6 is 0 Å². The summed E-state index contributed by atoms with van der Waals surface area (Å²) in [6.45, 7) is 14.8. The molecule has 0 heterocycles. The fraction of sp³-hybridized carbons (Fsp3) is 0.407. The van der Waals surface area contributed by atoms with Gasteiger partial charge in [0.25, 0.3) is 0 Å². The van der Waals surface area contributed by atoms with E-state index in [-0.39, 0.29) is 17.4 Å². The van der Waals surface area contributed by atoms with E-state index in [4.69, 9.17) is 18.6 Å². The number of ether oxygens (including phenoxy) is 3. The fourth-order valence-electron chi connectivity index (χ4n) is 2.78. The Bertz CT molecular complexity index is 1010. The van der Waals surface area contributed by atoms with Crippen LogP contribution in [0.25, 0.3) is 6.08 Å². The van der Waals surface area contributed by atoms with Crippen LogP contribution in [0.2, 0.25) is 18.1 Å². The molecule has 0 amide bonds. The van der Waals surface area contributed by atoms with E-state index in [1.54, 1.807) is 6.92 Å². The number of carbonyl (C=O) groups excluding carboxylic acids is 2. The van der Waals surface area contributed by atoms with Crippen molar-refractivity contribution in [2.24, 2.45) is 0 Å². The summed E-state index contributed by atoms with van der Waals surface area (Å²) in [5.41, 5.74) is 2.53. The molecule has 0 saturated carbocycles. The highest BCUT2D eigenvalue weighted by molar-refractivity contribution is 6.74. The van der Waals surface area contributed by atoms with E-state index in [2.05, 4.69) is 33.9 Å². The predicted octanol–water partition coefficient (Wildman–Crippen LogP) is 6.25. The summed E-state index contributed by atoms with van der Waals surface area (Å²) in [5, 5.41) is 0.0842. The molecule has 0 aliphatic rings. The maximum Gasteiger partial charge on any atom is 0.374 e. The van der Waals surface area contributed by atoms with Crippen LogP contribution in [-0.4, -0.2) is 26.9 Å². The zero-order valence-electron chi connectivity index (χ0n) is 21.3. The van der Waals surface area contributed by atoms with Gasteiger partial charge in [-0.05, 0) is 54.4 Å². The van der Waals surface area contributed by atoms with E-state index >= 15 is 0 Å². The Morgan fingerprint density at radius 1 is 0.971 bits per heavy atom. The van der Waals surface area contributed by atoms with E-state index < -0.39 is 20.3 Å². The molecule has 0 atom stereocenters. The lowest BCUT2D eigenvalue weighted by atomic mass is 10.1. The summed E-state index contributed by atoms with van der Waals surface area (Å²) >= 11 is 0. The molecular weight excluding hydrogens is 448 g/mol. The van der Waals surface area contributed by atoms with Gasteiger partial charge in [-0.15, -0.1) is 0 Å². The van der Waals surface area contributed by atoms with E-state index in [0.717, 1.165) is 11.1 Å². The van der Waals surface area contributed by atoms with Gasteiger partial charge in [-0.1, -0.05) is 57.2 Å². The first-order valence-electron chi connectivity index (χ1n) is 11.4. The van der Waals surface area contributed by atoms with Crippen LogP contribution in [0.5, 0.6) is 5.75 Å². The number of benzene rings is 2. The van der Waals surface area contributed by atoms with Crippen molar-refractivity contribution in [3.8, 4) is 5.75 Å². The zero-order chi connectivity index (χ0) is 25.4. The Labute approximate surface area is 204 Å². The maximum atomic E-state index is 12.4. The molecule has 7 heteroatoms. The normalized spacial score (nSPS) is 12.3. The minimum Gasteiger partial charge on any atom is -0.488 e. The van der Waals surface area contributed by atoms with Gasteiger partial charge in [0.1, 0.15) is 12.4 Å². The van der Waals surface area contributed by atoms with Gasteiger partial charge in [0, 0.05) is 12.5 Å². The Balaban J connectivity index is 2.40. The Morgan fingerprint density at radius 2 is 1.65 bits per heavy atom. The summed E-state index contributed by atoms with van der Waals surface area (Å²) < 4.78 is 22.6. The molecular formula is C27H36O6Si. The molecule has 2 aromatic rings. The molecule has 34 heavy (non-hydrogen) atoms. The summed E-state index contributed by atoms with van der Waals surface area (Å²) in [4.78, 5) is 24.0. The van der Waals surface area contributed by atoms with E-state index in [1.165, 1.54) is 13.0 Å². The lowest BCUT2D eigenvalue weighted by Gasteiger charge is -2.36. The average molecular weight is 485 g/mol. The number of hydrogen-bond donors (Lipinski definition) is 0. The van der Waals surface area contributed by atoms with Gasteiger partial charge in [-0.2, -0.15) is 0 Å². The van der Waals surface area contributed by atoms with Gasteiger partial charge in [0.05, 0.1) is 13.2 Å². The van der Waals surface area contributed by atoms with Crippen molar-refractivity contribution in [3.05, 3.63) is 71.0 Å². The quantitative estimate of drug-likeness (QED) is 0.172. The topological polar surface area (TPSA) is 71.1 Å². The molecule has 0 N–H and O–H groups in total. The standard InChI is InChI=1S/C27H36O6Si/c1-8-30-26(29)25(33-20(2)28)17-23-16-22(19-32-34(6,7)27(3,4)5)14-15-24(23)31-18-21-12-10-9-11-13-21/h9-17H,8,18-19H2,1-7H3. The first-order chi connectivity index (χ1) is 15.9. The molecule has 184 valence electrons. The molecule has 0 bridgehead atoms. The molecule has 0 aromatic heterocycles. The summed E-state index contributed by atoms with van der Waals surface area (Å²) in [7, 11) is -1.95. The minimum atomic E-state index is -1.95. The van der Waals surface area contributed by atoms with Crippen molar-refractivity contribution in [1.29, 1.82) is 0 Å². The second-order valence-electron chi connectivity index (χ2n) is 9.52. The highest BCUT2D eigenvalue weighted by Crippen LogP contribution is 2.37. The highest BCUT2D eigenvalue weighted by Gasteiger charge is 2.37. The third kappa shape index (κ3) is 8.15. The number of carbonyl (C=O) groups is 2. The van der Waals surface area contributed by atoms with Crippen LogP contribution in [0.1, 0.15) is 51.3 Å². The van der Waals surface area contributed by atoms with Gasteiger partial charge in [-0.25, -0.2) is 4.79 Å². The molecule has 0 aliphatic carbocycles. The Hall–Kier alpha value is -2.90. The first kappa shape index (κ1) is 27.3. The molecule has 0 saturated heterocycles. The Morgan fingerprint density at radius 3 is 2.24 bits per heavy atom. The second kappa shape index (κ2) is 12.0. The molecule has 0 unspecified atom stereocenters. The third-order valence-electron chi connectivity index (χ3n) is 5.73. The molecule has 2 aromatic carbocycles. The van der Waals surface area contributed by atoms with Crippen molar-refractivity contribution >= 4 is 26.3 Å². The van der Waals surface area contributed by atoms with Crippen molar-refractivity contribution in [1.82, 2.24) is 0 Å². The number of rotatable bonds is 10. The second-order valence-corrected chi connectivity index (χ2v) is 14.3. The van der Waals surface area contributed by atoms with E-state index in [1.807, 2.05) is 48.5 Å². The average Bonchev–Trinajstić information content (AvgIpc) is 2.76. The summed E-state index contributed by atoms with van der Waals surface area (Å²) in [5.74, 6) is -0.964. The van der Waals surface area contributed by atoms with Crippen molar-refractivity contribution in [2.45, 2.75) is 66.0 Å². The molecule has 2 rings (SSSR count). The van der Waals surface area contributed by atoms with E-state index in [9.17, 15) is 9.59 Å². The third-order valence-corrected chi connectivity index (χ3v) is 10.2. The highest BCUT2D eigenvalue weighted by atomic mass is 28.4. The number of esters is 2. The lowest BCUT2D eigenvalue weighted by molar-refractivity contribution is -0.149. The van der Waals surface area contributed by atoms with Crippen LogP contribution in [0.4, 0.5) is 0 Å².